The highest BCUT2D eigenvalue weighted by Crippen LogP contribution is 2.29. The van der Waals surface area contributed by atoms with Gasteiger partial charge in [-0.25, -0.2) is 0 Å². The Morgan fingerprint density at radius 2 is 2.05 bits per heavy atom. The molecule has 0 bridgehead atoms. The lowest BCUT2D eigenvalue weighted by atomic mass is 9.95. The molecule has 0 amide bonds. The van der Waals surface area contributed by atoms with E-state index in [-0.39, 0.29) is 18.2 Å². The maximum atomic E-state index is 6.28. The zero-order chi connectivity index (χ0) is 13.8. The van der Waals surface area contributed by atoms with Crippen LogP contribution < -0.4 is 5.73 Å². The molecule has 1 fully saturated rings. The Morgan fingerprint density at radius 1 is 1.37 bits per heavy atom. The average molecular weight is 262 g/mol. The maximum Gasteiger partial charge on any atom is 0.0675 e. The molecule has 4 atom stereocenters. The second-order valence-electron chi connectivity index (χ2n) is 5.62. The Hall–Kier alpha value is -0.900. The zero-order valence-electron chi connectivity index (χ0n) is 12.3. The molecule has 0 saturated carbocycles. The summed E-state index contributed by atoms with van der Waals surface area (Å²) in [6.07, 6.45) is 1.38. The molecule has 0 spiro atoms. The average Bonchev–Trinajstić information content (AvgIpc) is 2.40. The summed E-state index contributed by atoms with van der Waals surface area (Å²) in [5.74, 6) is 0. The largest absolute Gasteiger partial charge is 0.376 e. The number of hydrogen-bond donors (Lipinski definition) is 1. The first kappa shape index (κ1) is 14.5. The third-order valence-corrected chi connectivity index (χ3v) is 3.98. The van der Waals surface area contributed by atoms with Gasteiger partial charge in [0.05, 0.1) is 18.8 Å². The second kappa shape index (κ2) is 6.51. The SMILES string of the molecule is CCC1COC(C)CN1C(c1ccccc1)C(C)N. The van der Waals surface area contributed by atoms with E-state index in [4.69, 9.17) is 10.5 Å². The van der Waals surface area contributed by atoms with Gasteiger partial charge in [-0.3, -0.25) is 4.90 Å². The van der Waals surface area contributed by atoms with E-state index >= 15 is 0 Å². The molecule has 1 aliphatic heterocycles. The van der Waals surface area contributed by atoms with E-state index < -0.39 is 0 Å². The Labute approximate surface area is 116 Å². The second-order valence-corrected chi connectivity index (χ2v) is 5.62. The number of rotatable bonds is 4. The van der Waals surface area contributed by atoms with Gasteiger partial charge in [0.2, 0.25) is 0 Å². The van der Waals surface area contributed by atoms with Gasteiger partial charge in [-0.15, -0.1) is 0 Å². The van der Waals surface area contributed by atoms with Crippen molar-refractivity contribution in [2.45, 2.75) is 51.4 Å². The van der Waals surface area contributed by atoms with Gasteiger partial charge in [0.25, 0.3) is 0 Å². The summed E-state index contributed by atoms with van der Waals surface area (Å²) in [6, 6.07) is 11.5. The van der Waals surface area contributed by atoms with Gasteiger partial charge in [-0.05, 0) is 25.8 Å². The van der Waals surface area contributed by atoms with Crippen molar-refractivity contribution in [3.63, 3.8) is 0 Å². The van der Waals surface area contributed by atoms with Crippen molar-refractivity contribution in [1.82, 2.24) is 4.90 Å². The Bertz CT molecular complexity index is 380. The lowest BCUT2D eigenvalue weighted by Gasteiger charge is -2.44. The normalized spacial score (nSPS) is 28.0. The number of morpholine rings is 1. The summed E-state index contributed by atoms with van der Waals surface area (Å²) in [5, 5.41) is 0. The van der Waals surface area contributed by atoms with Crippen molar-refractivity contribution in [2.24, 2.45) is 5.73 Å². The van der Waals surface area contributed by atoms with Crippen LogP contribution in [0.25, 0.3) is 0 Å². The third kappa shape index (κ3) is 3.35. The molecule has 3 heteroatoms. The fourth-order valence-electron chi connectivity index (χ4n) is 3.01. The van der Waals surface area contributed by atoms with Crippen LogP contribution in [0.15, 0.2) is 30.3 Å². The highest BCUT2D eigenvalue weighted by molar-refractivity contribution is 5.21. The standard InChI is InChI=1S/C16H26N2O/c1-4-15-11-19-12(2)10-18(15)16(13(3)17)14-8-6-5-7-9-14/h5-9,12-13,15-16H,4,10-11,17H2,1-3H3. The lowest BCUT2D eigenvalue weighted by Crippen LogP contribution is -2.53. The molecular formula is C16H26N2O. The minimum absolute atomic E-state index is 0.113. The predicted octanol–water partition coefficient (Wildman–Crippen LogP) is 2.57. The predicted molar refractivity (Wildman–Crippen MR) is 79.0 cm³/mol. The first-order valence-corrected chi connectivity index (χ1v) is 7.31. The Kier molecular flexibility index (Phi) is 4.97. The molecule has 1 aliphatic rings. The third-order valence-electron chi connectivity index (χ3n) is 3.98. The fraction of sp³-hybridized carbons (Fsp3) is 0.625. The van der Waals surface area contributed by atoms with E-state index in [0.717, 1.165) is 19.6 Å². The minimum Gasteiger partial charge on any atom is -0.376 e. The van der Waals surface area contributed by atoms with Gasteiger partial charge in [0.15, 0.2) is 0 Å². The van der Waals surface area contributed by atoms with Crippen LogP contribution in [0.1, 0.15) is 38.8 Å². The number of ether oxygens (including phenoxy) is 1. The van der Waals surface area contributed by atoms with Crippen LogP contribution in [0.5, 0.6) is 0 Å². The van der Waals surface area contributed by atoms with Gasteiger partial charge >= 0.3 is 0 Å². The molecule has 2 N–H and O–H groups in total. The molecule has 4 unspecified atom stereocenters. The first-order valence-electron chi connectivity index (χ1n) is 7.31. The first-order chi connectivity index (χ1) is 9.13. The Balaban J connectivity index is 2.26. The van der Waals surface area contributed by atoms with Crippen molar-refractivity contribution >= 4 is 0 Å². The van der Waals surface area contributed by atoms with E-state index in [2.05, 4.69) is 56.0 Å². The lowest BCUT2D eigenvalue weighted by molar-refractivity contribution is -0.0762. The summed E-state index contributed by atoms with van der Waals surface area (Å²) in [4.78, 5) is 2.54. The fourth-order valence-corrected chi connectivity index (χ4v) is 3.01. The van der Waals surface area contributed by atoms with E-state index in [1.807, 2.05) is 0 Å². The van der Waals surface area contributed by atoms with Gasteiger partial charge in [0.1, 0.15) is 0 Å². The minimum atomic E-state index is 0.113. The van der Waals surface area contributed by atoms with Crippen molar-refractivity contribution in [1.29, 1.82) is 0 Å². The summed E-state index contributed by atoms with van der Waals surface area (Å²) >= 11 is 0. The highest BCUT2D eigenvalue weighted by Gasteiger charge is 2.33. The summed E-state index contributed by atoms with van der Waals surface area (Å²) in [6.45, 7) is 8.24. The highest BCUT2D eigenvalue weighted by atomic mass is 16.5. The zero-order valence-corrected chi connectivity index (χ0v) is 12.3. The van der Waals surface area contributed by atoms with Gasteiger partial charge in [-0.1, -0.05) is 37.3 Å². The molecule has 1 aromatic carbocycles. The molecule has 3 nitrogen and oxygen atoms in total. The van der Waals surface area contributed by atoms with Gasteiger partial charge in [-0.2, -0.15) is 0 Å². The van der Waals surface area contributed by atoms with Crippen molar-refractivity contribution < 1.29 is 4.74 Å². The topological polar surface area (TPSA) is 38.5 Å². The van der Waals surface area contributed by atoms with Crippen LogP contribution >= 0.6 is 0 Å². The molecule has 0 radical (unpaired) electrons. The van der Waals surface area contributed by atoms with Gasteiger partial charge in [0, 0.05) is 18.6 Å². The molecule has 0 aliphatic carbocycles. The smallest absolute Gasteiger partial charge is 0.0675 e. The van der Waals surface area contributed by atoms with Crippen LogP contribution in [0, 0.1) is 0 Å². The maximum absolute atomic E-state index is 6.28. The van der Waals surface area contributed by atoms with Crippen LogP contribution in [-0.4, -0.2) is 36.2 Å². The molecule has 1 aromatic rings. The molecule has 0 aromatic heterocycles. The summed E-state index contributed by atoms with van der Waals surface area (Å²) in [5.41, 5.74) is 7.59. The van der Waals surface area contributed by atoms with E-state index in [1.54, 1.807) is 0 Å². The summed E-state index contributed by atoms with van der Waals surface area (Å²) in [7, 11) is 0. The molecule has 19 heavy (non-hydrogen) atoms. The molecule has 106 valence electrons. The number of nitrogens with zero attached hydrogens (tertiary/aromatic N) is 1. The van der Waals surface area contributed by atoms with Crippen molar-refractivity contribution in [2.75, 3.05) is 13.2 Å². The molecule has 2 rings (SSSR count). The van der Waals surface area contributed by atoms with Crippen molar-refractivity contribution in [3.8, 4) is 0 Å². The molecule has 1 saturated heterocycles. The number of hydrogen-bond acceptors (Lipinski definition) is 3. The van der Waals surface area contributed by atoms with Crippen LogP contribution in [0.3, 0.4) is 0 Å². The number of nitrogens with two attached hydrogens (primary N) is 1. The van der Waals surface area contributed by atoms with Crippen LogP contribution in [-0.2, 0) is 4.74 Å². The summed E-state index contributed by atoms with van der Waals surface area (Å²) < 4.78 is 5.79. The monoisotopic (exact) mass is 262 g/mol. The molecule has 1 heterocycles. The quantitative estimate of drug-likeness (QED) is 0.906. The van der Waals surface area contributed by atoms with Crippen LogP contribution in [0.4, 0.5) is 0 Å². The van der Waals surface area contributed by atoms with Crippen molar-refractivity contribution in [3.05, 3.63) is 35.9 Å². The Morgan fingerprint density at radius 3 is 2.63 bits per heavy atom. The molecular weight excluding hydrogens is 236 g/mol. The number of benzene rings is 1. The van der Waals surface area contributed by atoms with E-state index in [0.29, 0.717) is 6.04 Å². The van der Waals surface area contributed by atoms with Crippen LogP contribution in [0.2, 0.25) is 0 Å². The van der Waals surface area contributed by atoms with Gasteiger partial charge < -0.3 is 10.5 Å². The van der Waals surface area contributed by atoms with E-state index in [1.165, 1.54) is 5.56 Å². The van der Waals surface area contributed by atoms with E-state index in [9.17, 15) is 0 Å².